The van der Waals surface area contributed by atoms with Crippen molar-refractivity contribution in [2.75, 3.05) is 13.1 Å². The van der Waals surface area contributed by atoms with Crippen molar-refractivity contribution in [1.82, 2.24) is 15.6 Å². The molecule has 5 heteroatoms. The van der Waals surface area contributed by atoms with E-state index in [1.165, 1.54) is 31.3 Å². The molecule has 0 spiro atoms. The van der Waals surface area contributed by atoms with Crippen molar-refractivity contribution in [3.05, 3.63) is 24.0 Å². The van der Waals surface area contributed by atoms with E-state index >= 15 is 0 Å². The summed E-state index contributed by atoms with van der Waals surface area (Å²) in [5, 5.41) is 15.9. The lowest BCUT2D eigenvalue weighted by molar-refractivity contribution is 0.0939. The molecule has 2 rings (SSSR count). The van der Waals surface area contributed by atoms with Crippen molar-refractivity contribution in [3.63, 3.8) is 0 Å². The number of piperidine rings is 1. The number of amides is 1. The molecule has 0 radical (unpaired) electrons. The Hall–Kier alpha value is -1.62. The summed E-state index contributed by atoms with van der Waals surface area (Å²) in [6, 6.07) is 1.85. The summed E-state index contributed by atoms with van der Waals surface area (Å²) in [7, 11) is 0. The zero-order valence-corrected chi connectivity index (χ0v) is 11.2. The zero-order valence-electron chi connectivity index (χ0n) is 11.2. The Bertz CT molecular complexity index is 436. The molecule has 1 amide bonds. The average Bonchev–Trinajstić information content (AvgIpc) is 2.45. The quantitative estimate of drug-likeness (QED) is 0.765. The molecule has 1 aromatic rings. The highest BCUT2D eigenvalue weighted by Gasteiger charge is 2.23. The van der Waals surface area contributed by atoms with Crippen LogP contribution < -0.4 is 10.6 Å². The molecule has 2 atom stereocenters. The number of nitrogens with zero attached hydrogens (tertiary/aromatic N) is 1. The number of hydrogen-bond acceptors (Lipinski definition) is 4. The lowest BCUT2D eigenvalue weighted by Gasteiger charge is -2.32. The van der Waals surface area contributed by atoms with E-state index in [0.29, 0.717) is 18.5 Å². The Labute approximate surface area is 113 Å². The Morgan fingerprint density at radius 1 is 1.63 bits per heavy atom. The summed E-state index contributed by atoms with van der Waals surface area (Å²) >= 11 is 0. The zero-order chi connectivity index (χ0) is 13.7. The fourth-order valence-corrected chi connectivity index (χ4v) is 2.62. The highest BCUT2D eigenvalue weighted by molar-refractivity contribution is 5.96. The van der Waals surface area contributed by atoms with Gasteiger partial charge in [-0.05, 0) is 31.4 Å². The molecule has 1 fully saturated rings. The predicted octanol–water partition coefficient (Wildman–Crippen LogP) is 1.30. The molecule has 1 saturated heterocycles. The van der Waals surface area contributed by atoms with Gasteiger partial charge in [-0.25, -0.2) is 0 Å². The van der Waals surface area contributed by atoms with Crippen LogP contribution in [0.2, 0.25) is 0 Å². The molecular formula is C14H21N3O2. The topological polar surface area (TPSA) is 74.2 Å². The summed E-state index contributed by atoms with van der Waals surface area (Å²) in [4.78, 5) is 15.7. The maximum absolute atomic E-state index is 12.0. The summed E-state index contributed by atoms with van der Waals surface area (Å²) in [5.74, 6) is 0.283. The number of aromatic hydroxyl groups is 1. The Morgan fingerprint density at radius 3 is 3.21 bits per heavy atom. The SMILES string of the molecule is CCC1CCCNC1CNC(=O)c1ccncc1O. The van der Waals surface area contributed by atoms with Gasteiger partial charge in [0.15, 0.2) is 0 Å². The Balaban J connectivity index is 1.91. The van der Waals surface area contributed by atoms with Gasteiger partial charge in [-0.2, -0.15) is 0 Å². The third-order valence-corrected chi connectivity index (χ3v) is 3.78. The molecule has 5 nitrogen and oxygen atoms in total. The molecule has 2 heterocycles. The van der Waals surface area contributed by atoms with E-state index < -0.39 is 0 Å². The monoisotopic (exact) mass is 263 g/mol. The van der Waals surface area contributed by atoms with Crippen LogP contribution in [-0.2, 0) is 0 Å². The smallest absolute Gasteiger partial charge is 0.255 e. The third-order valence-electron chi connectivity index (χ3n) is 3.78. The van der Waals surface area contributed by atoms with Gasteiger partial charge < -0.3 is 15.7 Å². The normalized spacial score (nSPS) is 23.0. The number of carbonyl (C=O) groups is 1. The van der Waals surface area contributed by atoms with Crippen LogP contribution >= 0.6 is 0 Å². The van der Waals surface area contributed by atoms with Crippen molar-refractivity contribution >= 4 is 5.91 Å². The number of carbonyl (C=O) groups excluding carboxylic acids is 1. The summed E-state index contributed by atoms with van der Waals surface area (Å²) in [6.07, 6.45) is 6.32. The number of pyridine rings is 1. The van der Waals surface area contributed by atoms with Crippen molar-refractivity contribution < 1.29 is 9.90 Å². The molecular weight excluding hydrogens is 242 g/mol. The first-order chi connectivity index (χ1) is 9.22. The maximum Gasteiger partial charge on any atom is 0.255 e. The van der Waals surface area contributed by atoms with Gasteiger partial charge in [0.05, 0.1) is 11.8 Å². The van der Waals surface area contributed by atoms with E-state index in [1.54, 1.807) is 0 Å². The molecule has 1 aliphatic rings. The number of nitrogens with one attached hydrogen (secondary N) is 2. The number of hydrogen-bond donors (Lipinski definition) is 3. The molecule has 2 unspecified atom stereocenters. The van der Waals surface area contributed by atoms with E-state index in [-0.39, 0.29) is 17.2 Å². The van der Waals surface area contributed by atoms with Crippen LogP contribution in [0, 0.1) is 5.92 Å². The largest absolute Gasteiger partial charge is 0.505 e. The highest BCUT2D eigenvalue weighted by atomic mass is 16.3. The van der Waals surface area contributed by atoms with Gasteiger partial charge in [-0.15, -0.1) is 0 Å². The minimum absolute atomic E-state index is 0.0800. The standard InChI is InChI=1S/C14H21N3O2/c1-2-10-4-3-6-16-12(10)8-17-14(19)11-5-7-15-9-13(11)18/h5,7,9-10,12,16,18H,2-4,6,8H2,1H3,(H,17,19). The summed E-state index contributed by atoms with van der Waals surface area (Å²) in [6.45, 7) is 3.79. The molecule has 0 saturated carbocycles. The average molecular weight is 263 g/mol. The first-order valence-corrected chi connectivity index (χ1v) is 6.87. The second-order valence-electron chi connectivity index (χ2n) is 4.97. The van der Waals surface area contributed by atoms with Crippen molar-refractivity contribution in [1.29, 1.82) is 0 Å². The maximum atomic E-state index is 12.0. The first kappa shape index (κ1) is 13.8. The first-order valence-electron chi connectivity index (χ1n) is 6.87. The van der Waals surface area contributed by atoms with Crippen LogP contribution in [0.25, 0.3) is 0 Å². The highest BCUT2D eigenvalue weighted by Crippen LogP contribution is 2.19. The molecule has 0 bridgehead atoms. The van der Waals surface area contributed by atoms with Crippen LogP contribution in [0.15, 0.2) is 18.5 Å². The molecule has 0 aliphatic carbocycles. The molecule has 3 N–H and O–H groups in total. The fourth-order valence-electron chi connectivity index (χ4n) is 2.62. The van der Waals surface area contributed by atoms with E-state index in [2.05, 4.69) is 22.5 Å². The molecule has 104 valence electrons. The van der Waals surface area contributed by atoms with Gasteiger partial charge in [0.2, 0.25) is 0 Å². The van der Waals surface area contributed by atoms with Crippen molar-refractivity contribution in [2.45, 2.75) is 32.2 Å². The van der Waals surface area contributed by atoms with Gasteiger partial charge in [0, 0.05) is 18.8 Å². The van der Waals surface area contributed by atoms with E-state index in [1.807, 2.05) is 0 Å². The lowest BCUT2D eigenvalue weighted by Crippen LogP contribution is -2.48. The fraction of sp³-hybridized carbons (Fsp3) is 0.571. The molecule has 1 aliphatic heterocycles. The predicted molar refractivity (Wildman–Crippen MR) is 73.0 cm³/mol. The van der Waals surface area contributed by atoms with Crippen LogP contribution in [0.4, 0.5) is 0 Å². The molecule has 1 aromatic heterocycles. The Morgan fingerprint density at radius 2 is 2.47 bits per heavy atom. The van der Waals surface area contributed by atoms with Gasteiger partial charge in [0.1, 0.15) is 5.75 Å². The van der Waals surface area contributed by atoms with Crippen LogP contribution in [0.1, 0.15) is 36.5 Å². The second-order valence-corrected chi connectivity index (χ2v) is 4.97. The third kappa shape index (κ3) is 3.44. The van der Waals surface area contributed by atoms with Gasteiger partial charge in [-0.1, -0.05) is 13.3 Å². The van der Waals surface area contributed by atoms with Crippen molar-refractivity contribution in [3.8, 4) is 5.75 Å². The van der Waals surface area contributed by atoms with E-state index in [0.717, 1.165) is 13.0 Å². The van der Waals surface area contributed by atoms with E-state index in [4.69, 9.17) is 0 Å². The Kier molecular flexibility index (Phi) is 4.74. The van der Waals surface area contributed by atoms with Crippen LogP contribution in [-0.4, -0.2) is 35.1 Å². The number of aromatic nitrogens is 1. The lowest BCUT2D eigenvalue weighted by atomic mass is 9.88. The van der Waals surface area contributed by atoms with Gasteiger partial charge in [0.25, 0.3) is 5.91 Å². The van der Waals surface area contributed by atoms with Crippen LogP contribution in [0.5, 0.6) is 5.75 Å². The minimum atomic E-state index is -0.248. The summed E-state index contributed by atoms with van der Waals surface area (Å²) in [5.41, 5.74) is 0.277. The van der Waals surface area contributed by atoms with Gasteiger partial charge >= 0.3 is 0 Å². The van der Waals surface area contributed by atoms with Crippen molar-refractivity contribution in [2.24, 2.45) is 5.92 Å². The minimum Gasteiger partial charge on any atom is -0.505 e. The van der Waals surface area contributed by atoms with Gasteiger partial charge in [-0.3, -0.25) is 9.78 Å². The van der Waals surface area contributed by atoms with E-state index in [9.17, 15) is 9.90 Å². The molecule has 19 heavy (non-hydrogen) atoms. The number of rotatable bonds is 4. The summed E-state index contributed by atoms with van der Waals surface area (Å²) < 4.78 is 0. The second kappa shape index (κ2) is 6.52. The van der Waals surface area contributed by atoms with Crippen LogP contribution in [0.3, 0.4) is 0 Å². The molecule has 0 aromatic carbocycles.